The van der Waals surface area contributed by atoms with E-state index >= 15 is 0 Å². The number of nitrogens with one attached hydrogen (secondary N) is 1. The number of rotatable bonds is 6. The van der Waals surface area contributed by atoms with Crippen molar-refractivity contribution in [3.63, 3.8) is 0 Å². The van der Waals surface area contributed by atoms with E-state index in [1.807, 2.05) is 24.3 Å². The minimum absolute atomic E-state index is 0.139. The lowest BCUT2D eigenvalue weighted by molar-refractivity contribution is 0.414. The third kappa shape index (κ3) is 4.07. The maximum absolute atomic E-state index is 13.4. The molecule has 0 saturated carbocycles. The van der Waals surface area contributed by atoms with Crippen molar-refractivity contribution < 1.29 is 9.13 Å². The van der Waals surface area contributed by atoms with E-state index in [1.165, 1.54) is 5.56 Å². The normalized spacial score (nSPS) is 10.6. The zero-order valence-corrected chi connectivity index (χ0v) is 11.9. The fourth-order valence-electron chi connectivity index (χ4n) is 2.00. The highest BCUT2D eigenvalue weighted by Gasteiger charge is 1.99. The highest BCUT2D eigenvalue weighted by atomic mass is 19.1. The van der Waals surface area contributed by atoms with Gasteiger partial charge in [-0.15, -0.1) is 0 Å². The van der Waals surface area contributed by atoms with Gasteiger partial charge in [-0.2, -0.15) is 0 Å². The largest absolute Gasteiger partial charge is 0.497 e. The second-order valence-corrected chi connectivity index (χ2v) is 4.86. The number of hydrogen-bond donors (Lipinski definition) is 1. The molecule has 2 aromatic carbocycles. The van der Waals surface area contributed by atoms with Crippen molar-refractivity contribution in [2.45, 2.75) is 19.9 Å². The van der Waals surface area contributed by atoms with Crippen molar-refractivity contribution in [2.75, 3.05) is 13.7 Å². The summed E-state index contributed by atoms with van der Waals surface area (Å²) >= 11 is 0. The molecule has 0 spiro atoms. The van der Waals surface area contributed by atoms with Crippen LogP contribution in [0.1, 0.15) is 16.7 Å². The van der Waals surface area contributed by atoms with E-state index in [1.54, 1.807) is 20.1 Å². The van der Waals surface area contributed by atoms with E-state index in [9.17, 15) is 4.39 Å². The maximum atomic E-state index is 13.4. The van der Waals surface area contributed by atoms with Gasteiger partial charge in [0.2, 0.25) is 0 Å². The van der Waals surface area contributed by atoms with E-state index in [-0.39, 0.29) is 5.82 Å². The molecule has 0 fully saturated rings. The van der Waals surface area contributed by atoms with Gasteiger partial charge in [-0.1, -0.05) is 24.3 Å². The van der Waals surface area contributed by atoms with Gasteiger partial charge in [-0.3, -0.25) is 0 Å². The van der Waals surface area contributed by atoms with Crippen LogP contribution in [-0.4, -0.2) is 13.7 Å². The molecule has 106 valence electrons. The van der Waals surface area contributed by atoms with Gasteiger partial charge in [0.1, 0.15) is 11.6 Å². The topological polar surface area (TPSA) is 21.3 Å². The number of methoxy groups -OCH3 is 1. The van der Waals surface area contributed by atoms with E-state index in [4.69, 9.17) is 4.74 Å². The van der Waals surface area contributed by atoms with Gasteiger partial charge >= 0.3 is 0 Å². The molecule has 0 amide bonds. The van der Waals surface area contributed by atoms with Crippen LogP contribution in [-0.2, 0) is 13.0 Å². The third-order valence-corrected chi connectivity index (χ3v) is 3.31. The van der Waals surface area contributed by atoms with Crippen LogP contribution in [0, 0.1) is 12.7 Å². The summed E-state index contributed by atoms with van der Waals surface area (Å²) < 4.78 is 18.5. The first-order valence-electron chi connectivity index (χ1n) is 6.77. The molecule has 0 aliphatic rings. The number of ether oxygens (including phenoxy) is 1. The van der Waals surface area contributed by atoms with Crippen LogP contribution in [0.3, 0.4) is 0 Å². The van der Waals surface area contributed by atoms with Crippen LogP contribution in [0.25, 0.3) is 0 Å². The molecule has 0 aliphatic carbocycles. The molecule has 3 heteroatoms. The predicted molar refractivity (Wildman–Crippen MR) is 79.5 cm³/mol. The molecule has 2 rings (SSSR count). The second kappa shape index (κ2) is 7.06. The first-order valence-corrected chi connectivity index (χ1v) is 6.77. The molecule has 0 radical (unpaired) electrons. The van der Waals surface area contributed by atoms with Crippen molar-refractivity contribution in [2.24, 2.45) is 0 Å². The SMILES string of the molecule is COc1ccc(CCNCc2ccc(C)c(F)c2)cc1. The average Bonchev–Trinajstić information content (AvgIpc) is 2.48. The van der Waals surface area contributed by atoms with Crippen LogP contribution in [0.4, 0.5) is 4.39 Å². The average molecular weight is 273 g/mol. The molecule has 0 aromatic heterocycles. The Morgan fingerprint density at radius 1 is 1.05 bits per heavy atom. The van der Waals surface area contributed by atoms with Gasteiger partial charge < -0.3 is 10.1 Å². The summed E-state index contributed by atoms with van der Waals surface area (Å²) in [4.78, 5) is 0. The Labute approximate surface area is 119 Å². The van der Waals surface area contributed by atoms with E-state index in [0.29, 0.717) is 12.1 Å². The summed E-state index contributed by atoms with van der Waals surface area (Å²) in [5, 5.41) is 3.33. The molecule has 1 N–H and O–H groups in total. The van der Waals surface area contributed by atoms with E-state index in [2.05, 4.69) is 17.4 Å². The minimum Gasteiger partial charge on any atom is -0.497 e. The first-order chi connectivity index (χ1) is 9.69. The summed E-state index contributed by atoms with van der Waals surface area (Å²) in [6.45, 7) is 3.32. The number of benzene rings is 2. The lowest BCUT2D eigenvalue weighted by Gasteiger charge is -2.07. The summed E-state index contributed by atoms with van der Waals surface area (Å²) in [5.41, 5.74) is 2.92. The Balaban J connectivity index is 1.76. The molecule has 2 aromatic rings. The van der Waals surface area contributed by atoms with E-state index < -0.39 is 0 Å². The molecule has 0 aliphatic heterocycles. The first kappa shape index (κ1) is 14.5. The molecule has 20 heavy (non-hydrogen) atoms. The van der Waals surface area contributed by atoms with Gasteiger partial charge in [0.15, 0.2) is 0 Å². The number of hydrogen-bond acceptors (Lipinski definition) is 2. The van der Waals surface area contributed by atoms with Crippen LogP contribution in [0.2, 0.25) is 0 Å². The standard InChI is InChI=1S/C17H20FNO/c1-13-3-4-15(11-17(13)18)12-19-10-9-14-5-7-16(20-2)8-6-14/h3-8,11,19H,9-10,12H2,1-2H3. The Morgan fingerprint density at radius 3 is 2.40 bits per heavy atom. The van der Waals surface area contributed by atoms with Gasteiger partial charge in [0, 0.05) is 6.54 Å². The smallest absolute Gasteiger partial charge is 0.126 e. The van der Waals surface area contributed by atoms with Gasteiger partial charge in [-0.05, 0) is 54.8 Å². The quantitative estimate of drug-likeness (QED) is 0.814. The molecular weight excluding hydrogens is 253 g/mol. The van der Waals surface area contributed by atoms with Crippen LogP contribution >= 0.6 is 0 Å². The molecule has 2 nitrogen and oxygen atoms in total. The summed E-state index contributed by atoms with van der Waals surface area (Å²) in [6.07, 6.45) is 0.943. The Hall–Kier alpha value is -1.87. The van der Waals surface area contributed by atoms with Crippen molar-refractivity contribution in [3.8, 4) is 5.75 Å². The van der Waals surface area contributed by atoms with Gasteiger partial charge in [-0.25, -0.2) is 4.39 Å². The second-order valence-electron chi connectivity index (χ2n) is 4.86. The Bertz CT molecular complexity index is 551. The monoisotopic (exact) mass is 273 g/mol. The summed E-state index contributed by atoms with van der Waals surface area (Å²) in [7, 11) is 1.66. The van der Waals surface area contributed by atoms with Crippen molar-refractivity contribution in [1.82, 2.24) is 5.32 Å². The number of halogens is 1. The highest BCUT2D eigenvalue weighted by molar-refractivity contribution is 5.27. The highest BCUT2D eigenvalue weighted by Crippen LogP contribution is 2.12. The Kier molecular flexibility index (Phi) is 5.13. The van der Waals surface area contributed by atoms with Gasteiger partial charge in [0.25, 0.3) is 0 Å². The van der Waals surface area contributed by atoms with Crippen LogP contribution < -0.4 is 10.1 Å². The zero-order chi connectivity index (χ0) is 14.4. The Morgan fingerprint density at radius 2 is 1.75 bits per heavy atom. The summed E-state index contributed by atoms with van der Waals surface area (Å²) in [6, 6.07) is 13.4. The predicted octanol–water partition coefficient (Wildman–Crippen LogP) is 3.48. The van der Waals surface area contributed by atoms with E-state index in [0.717, 1.165) is 24.3 Å². The molecule has 0 heterocycles. The van der Waals surface area contributed by atoms with Crippen LogP contribution in [0.15, 0.2) is 42.5 Å². The zero-order valence-electron chi connectivity index (χ0n) is 11.9. The third-order valence-electron chi connectivity index (χ3n) is 3.31. The van der Waals surface area contributed by atoms with Crippen molar-refractivity contribution >= 4 is 0 Å². The molecule has 0 bridgehead atoms. The molecular formula is C17H20FNO. The van der Waals surface area contributed by atoms with Crippen LogP contribution in [0.5, 0.6) is 5.75 Å². The van der Waals surface area contributed by atoms with Crippen molar-refractivity contribution in [1.29, 1.82) is 0 Å². The van der Waals surface area contributed by atoms with Crippen molar-refractivity contribution in [3.05, 3.63) is 65.0 Å². The lowest BCUT2D eigenvalue weighted by atomic mass is 10.1. The minimum atomic E-state index is -0.139. The molecule has 0 atom stereocenters. The molecule has 0 unspecified atom stereocenters. The molecule has 0 saturated heterocycles. The summed E-state index contributed by atoms with van der Waals surface area (Å²) in [5.74, 6) is 0.733. The number of aryl methyl sites for hydroxylation is 1. The maximum Gasteiger partial charge on any atom is 0.126 e. The fourth-order valence-corrected chi connectivity index (χ4v) is 2.00. The fraction of sp³-hybridized carbons (Fsp3) is 0.294. The lowest BCUT2D eigenvalue weighted by Crippen LogP contribution is -2.16. The van der Waals surface area contributed by atoms with Gasteiger partial charge in [0.05, 0.1) is 7.11 Å².